The molecule has 2 aliphatic rings. The van der Waals surface area contributed by atoms with Gasteiger partial charge >= 0.3 is 5.97 Å². The first-order valence-corrected chi connectivity index (χ1v) is 25.9. The molecule has 2 fully saturated rings. The first kappa shape index (κ1) is 50.9. The van der Waals surface area contributed by atoms with Gasteiger partial charge in [-0.05, 0) is 88.1 Å². The Hall–Kier alpha value is -4.09. The van der Waals surface area contributed by atoms with Gasteiger partial charge in [-0.3, -0.25) is 16.7 Å². The summed E-state index contributed by atoms with van der Waals surface area (Å²) in [6.45, 7) is 13.5. The summed E-state index contributed by atoms with van der Waals surface area (Å²) in [5.41, 5.74) is 3.60. The van der Waals surface area contributed by atoms with Crippen LogP contribution in [0.5, 0.6) is 0 Å². The number of ether oxygens (including phenoxy) is 2. The molecule has 0 saturated carbocycles. The molecule has 4 aromatic carbocycles. The maximum Gasteiger partial charge on any atom is 0.337 e. The molecule has 0 radical (unpaired) electrons. The number of hydrogen-bond acceptors (Lipinski definition) is 16. The van der Waals surface area contributed by atoms with E-state index in [1.165, 1.54) is 48.5 Å². The van der Waals surface area contributed by atoms with Crippen LogP contribution >= 0.6 is 0 Å². The lowest BCUT2D eigenvalue weighted by atomic mass is 9.84. The Kier molecular flexibility index (Phi) is 16.4. The number of cyclic esters (lactones) is 1. The lowest BCUT2D eigenvalue weighted by Gasteiger charge is -2.41. The summed E-state index contributed by atoms with van der Waals surface area (Å²) >= 11 is 0. The molecule has 1 N–H and O–H groups in total. The predicted octanol–water partition coefficient (Wildman–Crippen LogP) is 5.75. The average Bonchev–Trinajstić information content (AvgIpc) is 3.23. The highest BCUT2D eigenvalue weighted by molar-refractivity contribution is 7.87. The highest BCUT2D eigenvalue weighted by Crippen LogP contribution is 2.35. The molecule has 64 heavy (non-hydrogen) atoms. The van der Waals surface area contributed by atoms with Crippen molar-refractivity contribution < 1.29 is 69.8 Å². The van der Waals surface area contributed by atoms with Crippen molar-refractivity contribution in [3.05, 3.63) is 119 Å². The number of benzene rings is 4. The van der Waals surface area contributed by atoms with Gasteiger partial charge < -0.3 is 14.6 Å². The van der Waals surface area contributed by atoms with Crippen LogP contribution in [0.1, 0.15) is 49.9 Å². The van der Waals surface area contributed by atoms with E-state index in [4.69, 9.17) is 26.2 Å². The second-order valence-corrected chi connectivity index (χ2v) is 22.6. The topological polar surface area (TPSA) is 229 Å². The van der Waals surface area contributed by atoms with Crippen LogP contribution in [0.25, 0.3) is 0 Å². The van der Waals surface area contributed by atoms with Crippen LogP contribution in [0, 0.1) is 51.4 Å². The van der Waals surface area contributed by atoms with E-state index in [1.807, 2.05) is 27.7 Å². The highest BCUT2D eigenvalue weighted by Gasteiger charge is 2.46. The molecule has 2 aliphatic heterocycles. The van der Waals surface area contributed by atoms with E-state index in [0.29, 0.717) is 0 Å². The summed E-state index contributed by atoms with van der Waals surface area (Å²) in [5, 5.41) is 10.4. The first-order chi connectivity index (χ1) is 29.8. The lowest BCUT2D eigenvalue weighted by molar-refractivity contribution is -0.246. The van der Waals surface area contributed by atoms with Crippen LogP contribution in [0.15, 0.2) is 117 Å². The minimum Gasteiger partial charge on any atom is -0.458 e. The third-order valence-corrected chi connectivity index (χ3v) is 16.6. The largest absolute Gasteiger partial charge is 0.458 e. The molecular weight excluding hydrogens is 913 g/mol. The van der Waals surface area contributed by atoms with Crippen LogP contribution < -0.4 is 0 Å². The third-order valence-electron chi connectivity index (χ3n) is 11.4. The fraction of sp³-hybridized carbons (Fsp3) is 0.432. The van der Waals surface area contributed by atoms with Crippen LogP contribution in [0.2, 0.25) is 0 Å². The van der Waals surface area contributed by atoms with Crippen LogP contribution in [-0.4, -0.2) is 88.7 Å². The monoisotopic (exact) mass is 966 g/mol. The zero-order chi connectivity index (χ0) is 47.4. The van der Waals surface area contributed by atoms with E-state index >= 15 is 0 Å². The van der Waals surface area contributed by atoms with Crippen molar-refractivity contribution in [3.8, 4) is 0 Å². The molecular formula is C44H54O16S4. The molecule has 0 spiro atoms. The summed E-state index contributed by atoms with van der Waals surface area (Å²) in [4.78, 5) is 12.5. The van der Waals surface area contributed by atoms with Crippen molar-refractivity contribution in [2.75, 3.05) is 13.2 Å². The molecule has 9 atom stereocenters. The Morgan fingerprint density at radius 1 is 0.469 bits per heavy atom. The van der Waals surface area contributed by atoms with Crippen LogP contribution in [0.3, 0.4) is 0 Å². The van der Waals surface area contributed by atoms with Gasteiger partial charge in [-0.1, -0.05) is 98.5 Å². The van der Waals surface area contributed by atoms with E-state index in [-0.39, 0.29) is 38.7 Å². The standard InChI is InChI=1S/C22H28O8S2.C22H26O8S2/c2*1-14-5-9-18(10-6-14)31(24,25)28-13-20-16(3)17(4)21(22(23)29-20)30-32(26,27)19-11-7-15(2)8-12-19/h5-12,16-17,20-23H,13H2,1-4H3;5-12,16-17,20-21H,13H2,1-4H3. The molecule has 0 bridgehead atoms. The molecule has 2 heterocycles. The molecule has 0 aromatic heterocycles. The van der Waals surface area contributed by atoms with E-state index in [2.05, 4.69) is 0 Å². The predicted molar refractivity (Wildman–Crippen MR) is 233 cm³/mol. The van der Waals surface area contributed by atoms with Crippen molar-refractivity contribution in [2.24, 2.45) is 23.7 Å². The minimum atomic E-state index is -4.19. The van der Waals surface area contributed by atoms with Crippen LogP contribution in [0.4, 0.5) is 0 Å². The Labute approximate surface area is 376 Å². The van der Waals surface area contributed by atoms with Gasteiger partial charge in [-0.25, -0.2) is 4.79 Å². The molecule has 16 nitrogen and oxygen atoms in total. The van der Waals surface area contributed by atoms with Gasteiger partial charge in [0.15, 0.2) is 12.4 Å². The van der Waals surface area contributed by atoms with Gasteiger partial charge in [0, 0.05) is 11.8 Å². The molecule has 2 saturated heterocycles. The van der Waals surface area contributed by atoms with E-state index < -0.39 is 94.9 Å². The van der Waals surface area contributed by atoms with E-state index in [9.17, 15) is 43.6 Å². The number of carbonyl (C=O) groups is 1. The van der Waals surface area contributed by atoms with E-state index in [1.54, 1.807) is 76.2 Å². The normalized spacial score (nSPS) is 25.5. The maximum absolute atomic E-state index is 12.6. The van der Waals surface area contributed by atoms with Crippen LogP contribution in [-0.2, 0) is 71.5 Å². The zero-order valence-corrected chi connectivity index (χ0v) is 39.8. The number of aryl methyl sites for hydroxylation is 4. The lowest BCUT2D eigenvalue weighted by Crippen LogP contribution is -2.52. The van der Waals surface area contributed by atoms with Gasteiger partial charge in [0.05, 0.1) is 32.3 Å². The molecule has 0 amide bonds. The molecule has 350 valence electrons. The van der Waals surface area contributed by atoms with Gasteiger partial charge in [-0.2, -0.15) is 33.7 Å². The Bertz CT molecular complexity index is 2670. The molecule has 9 unspecified atom stereocenters. The summed E-state index contributed by atoms with van der Waals surface area (Å²) < 4.78 is 132. The van der Waals surface area contributed by atoms with Gasteiger partial charge in [0.25, 0.3) is 40.5 Å². The quantitative estimate of drug-likeness (QED) is 0.117. The third kappa shape index (κ3) is 12.6. The van der Waals surface area contributed by atoms with Crippen molar-refractivity contribution in [1.82, 2.24) is 0 Å². The van der Waals surface area contributed by atoms with E-state index in [0.717, 1.165) is 22.3 Å². The van der Waals surface area contributed by atoms with Gasteiger partial charge in [-0.15, -0.1) is 0 Å². The Morgan fingerprint density at radius 3 is 1.19 bits per heavy atom. The van der Waals surface area contributed by atoms with Gasteiger partial charge in [0.1, 0.15) is 18.8 Å². The van der Waals surface area contributed by atoms with Crippen molar-refractivity contribution in [2.45, 2.75) is 106 Å². The SMILES string of the molecule is Cc1ccc(S(=O)(=O)OCC2OC(=O)C(OS(=O)(=O)c3ccc(C)cc3)C(C)C2C)cc1.Cc1ccc(S(=O)(=O)OCC2OC(O)C(OS(=O)(=O)c3ccc(C)cc3)C(C)C2C)cc1. The number of aliphatic hydroxyl groups excluding tert-OH is 1. The van der Waals surface area contributed by atoms with Crippen molar-refractivity contribution in [3.63, 3.8) is 0 Å². The first-order valence-electron chi connectivity index (χ1n) is 20.3. The smallest absolute Gasteiger partial charge is 0.337 e. The number of hydrogen-bond donors (Lipinski definition) is 1. The summed E-state index contributed by atoms with van der Waals surface area (Å²) in [5.74, 6) is -2.68. The second-order valence-electron chi connectivity index (χ2n) is 16.2. The fourth-order valence-corrected chi connectivity index (χ4v) is 10.8. The minimum absolute atomic E-state index is 0.00339. The molecule has 6 rings (SSSR count). The Morgan fingerprint density at radius 2 is 0.797 bits per heavy atom. The maximum atomic E-state index is 12.6. The molecule has 0 aliphatic carbocycles. The number of carbonyl (C=O) groups excluding carboxylic acids is 1. The average molecular weight is 967 g/mol. The summed E-state index contributed by atoms with van der Waals surface area (Å²) in [6, 6.07) is 24.6. The van der Waals surface area contributed by atoms with Crippen molar-refractivity contribution >= 4 is 46.4 Å². The van der Waals surface area contributed by atoms with Gasteiger partial charge in [0.2, 0.25) is 0 Å². The molecule has 4 aromatic rings. The highest BCUT2D eigenvalue weighted by atomic mass is 32.2. The summed E-state index contributed by atoms with van der Waals surface area (Å²) in [6.07, 6.45) is -5.72. The number of aliphatic hydroxyl groups is 1. The zero-order valence-electron chi connectivity index (χ0n) is 36.6. The number of esters is 1. The summed E-state index contributed by atoms with van der Waals surface area (Å²) in [7, 11) is -16.4. The second kappa shape index (κ2) is 20.6. The fourth-order valence-electron chi connectivity index (χ4n) is 6.73. The number of rotatable bonds is 14. The Balaban J connectivity index is 0.000000241. The van der Waals surface area contributed by atoms with Crippen molar-refractivity contribution in [1.29, 1.82) is 0 Å². The molecule has 20 heteroatoms.